The number of nitrogens with one attached hydrogen (secondary N) is 1. The quantitative estimate of drug-likeness (QED) is 0.789. The van der Waals surface area contributed by atoms with Crippen molar-refractivity contribution in [2.75, 3.05) is 13.2 Å². The molecule has 4 heteroatoms. The number of aromatic nitrogens is 1. The Balaban J connectivity index is 1.62. The van der Waals surface area contributed by atoms with E-state index in [2.05, 4.69) is 10.3 Å². The smallest absolute Gasteiger partial charge is 0.180 e. The Morgan fingerprint density at radius 3 is 3.21 bits per heavy atom. The van der Waals surface area contributed by atoms with Crippen molar-refractivity contribution in [3.63, 3.8) is 0 Å². The predicted molar refractivity (Wildman–Crippen MR) is 51.8 cm³/mol. The fraction of sp³-hybridized carbons (Fsp3) is 0.700. The van der Waals surface area contributed by atoms with Gasteiger partial charge in [-0.25, -0.2) is 4.98 Å². The number of oxazole rings is 1. The molecule has 1 N–H and O–H groups in total. The van der Waals surface area contributed by atoms with Crippen LogP contribution in [0.15, 0.2) is 17.0 Å². The second-order valence-electron chi connectivity index (χ2n) is 3.59. The molecular weight excluding hydrogens is 180 g/mol. The van der Waals surface area contributed by atoms with Crippen LogP contribution in [0.5, 0.6) is 0 Å². The van der Waals surface area contributed by atoms with Crippen molar-refractivity contribution in [1.82, 2.24) is 10.3 Å². The monoisotopic (exact) mass is 196 g/mol. The molecule has 0 bridgehead atoms. The highest BCUT2D eigenvalue weighted by Crippen LogP contribution is 2.11. The molecule has 0 spiro atoms. The van der Waals surface area contributed by atoms with Gasteiger partial charge in [-0.1, -0.05) is 0 Å². The molecule has 1 aromatic heterocycles. The highest BCUT2D eigenvalue weighted by atomic mass is 16.5. The minimum absolute atomic E-state index is 0.381. The molecule has 0 saturated carbocycles. The average Bonchev–Trinajstić information content (AvgIpc) is 2.72. The van der Waals surface area contributed by atoms with Crippen LogP contribution in [0, 0.1) is 0 Å². The van der Waals surface area contributed by atoms with Gasteiger partial charge in [0.05, 0.1) is 18.8 Å². The lowest BCUT2D eigenvalue weighted by atomic mass is 10.1. The second kappa shape index (κ2) is 5.12. The molecule has 14 heavy (non-hydrogen) atoms. The van der Waals surface area contributed by atoms with Crippen molar-refractivity contribution in [1.29, 1.82) is 0 Å². The molecule has 2 heterocycles. The summed E-state index contributed by atoms with van der Waals surface area (Å²) in [5, 5.41) is 3.30. The highest BCUT2D eigenvalue weighted by molar-refractivity contribution is 4.87. The molecule has 1 atom stereocenters. The minimum atomic E-state index is 0.381. The van der Waals surface area contributed by atoms with Gasteiger partial charge in [0.15, 0.2) is 6.39 Å². The van der Waals surface area contributed by atoms with Gasteiger partial charge < -0.3 is 14.5 Å². The maximum atomic E-state index is 5.59. The summed E-state index contributed by atoms with van der Waals surface area (Å²) in [7, 11) is 0. The van der Waals surface area contributed by atoms with E-state index in [-0.39, 0.29) is 0 Å². The Kier molecular flexibility index (Phi) is 3.54. The van der Waals surface area contributed by atoms with E-state index >= 15 is 0 Å². The van der Waals surface area contributed by atoms with E-state index in [1.165, 1.54) is 25.7 Å². The van der Waals surface area contributed by atoms with E-state index in [9.17, 15) is 0 Å². The van der Waals surface area contributed by atoms with E-state index in [0.717, 1.165) is 25.5 Å². The lowest BCUT2D eigenvalue weighted by molar-refractivity contribution is 0.0166. The molecule has 1 fully saturated rings. The topological polar surface area (TPSA) is 47.3 Å². The number of ether oxygens (including phenoxy) is 1. The van der Waals surface area contributed by atoms with Crippen molar-refractivity contribution in [2.45, 2.75) is 31.9 Å². The summed E-state index contributed by atoms with van der Waals surface area (Å²) in [6, 6.07) is 0. The molecule has 0 aromatic carbocycles. The summed E-state index contributed by atoms with van der Waals surface area (Å²) < 4.78 is 10.7. The molecule has 0 aliphatic carbocycles. The van der Waals surface area contributed by atoms with Crippen molar-refractivity contribution < 1.29 is 9.15 Å². The van der Waals surface area contributed by atoms with E-state index in [1.807, 2.05) is 0 Å². The normalized spacial score (nSPS) is 22.4. The van der Waals surface area contributed by atoms with Crippen molar-refractivity contribution in [3.8, 4) is 0 Å². The Bertz CT molecular complexity index is 243. The minimum Gasteiger partial charge on any atom is -0.447 e. The molecular formula is C10H16N2O2. The van der Waals surface area contributed by atoms with Crippen LogP contribution < -0.4 is 5.32 Å². The number of rotatable bonds is 4. The third-order valence-electron chi connectivity index (χ3n) is 2.43. The summed E-state index contributed by atoms with van der Waals surface area (Å²) in [5.74, 6) is 0.876. The molecule has 0 radical (unpaired) electrons. The van der Waals surface area contributed by atoms with Gasteiger partial charge in [0, 0.05) is 13.2 Å². The van der Waals surface area contributed by atoms with Crippen LogP contribution in [0.1, 0.15) is 25.0 Å². The fourth-order valence-electron chi connectivity index (χ4n) is 1.65. The summed E-state index contributed by atoms with van der Waals surface area (Å²) >= 11 is 0. The molecule has 1 unspecified atom stereocenters. The van der Waals surface area contributed by atoms with Crippen LogP contribution in [0.3, 0.4) is 0 Å². The SMILES string of the molecule is c1ncc(CNCC2CCCCO2)o1. The zero-order valence-corrected chi connectivity index (χ0v) is 8.24. The van der Waals surface area contributed by atoms with Crippen LogP contribution in [0.25, 0.3) is 0 Å². The lowest BCUT2D eigenvalue weighted by Gasteiger charge is -2.22. The first kappa shape index (κ1) is 9.68. The Hall–Kier alpha value is -0.870. The number of nitrogens with zero attached hydrogens (tertiary/aromatic N) is 1. The van der Waals surface area contributed by atoms with Crippen LogP contribution in [-0.4, -0.2) is 24.2 Å². The first-order chi connectivity index (χ1) is 6.95. The van der Waals surface area contributed by atoms with Gasteiger partial charge in [0.25, 0.3) is 0 Å². The molecule has 1 aliphatic heterocycles. The third kappa shape index (κ3) is 2.82. The van der Waals surface area contributed by atoms with Crippen molar-refractivity contribution >= 4 is 0 Å². The summed E-state index contributed by atoms with van der Waals surface area (Å²) in [6.07, 6.45) is 7.23. The van der Waals surface area contributed by atoms with Crippen LogP contribution in [0.2, 0.25) is 0 Å². The van der Waals surface area contributed by atoms with Gasteiger partial charge in [0.1, 0.15) is 5.76 Å². The molecule has 1 aliphatic rings. The molecule has 1 aromatic rings. The van der Waals surface area contributed by atoms with Gasteiger partial charge in [-0.15, -0.1) is 0 Å². The standard InChI is InChI=1S/C10H16N2O2/c1-2-4-13-9(3-1)5-11-6-10-7-12-8-14-10/h7-9,11H,1-6H2. The Morgan fingerprint density at radius 2 is 2.50 bits per heavy atom. The van der Waals surface area contributed by atoms with Gasteiger partial charge in [0.2, 0.25) is 0 Å². The average molecular weight is 196 g/mol. The van der Waals surface area contributed by atoms with Gasteiger partial charge in [-0.05, 0) is 19.3 Å². The third-order valence-corrected chi connectivity index (χ3v) is 2.43. The fourth-order valence-corrected chi connectivity index (χ4v) is 1.65. The van der Waals surface area contributed by atoms with Crippen molar-refractivity contribution in [2.24, 2.45) is 0 Å². The summed E-state index contributed by atoms with van der Waals surface area (Å²) in [4.78, 5) is 3.85. The van der Waals surface area contributed by atoms with Crippen LogP contribution in [-0.2, 0) is 11.3 Å². The largest absolute Gasteiger partial charge is 0.447 e. The maximum Gasteiger partial charge on any atom is 0.180 e. The Labute approximate surface area is 83.7 Å². The molecule has 2 rings (SSSR count). The predicted octanol–water partition coefficient (Wildman–Crippen LogP) is 1.33. The van der Waals surface area contributed by atoms with Gasteiger partial charge >= 0.3 is 0 Å². The molecule has 1 saturated heterocycles. The zero-order chi connectivity index (χ0) is 9.64. The molecule has 0 amide bonds. The molecule has 4 nitrogen and oxygen atoms in total. The van der Waals surface area contributed by atoms with E-state index < -0.39 is 0 Å². The highest BCUT2D eigenvalue weighted by Gasteiger charge is 2.12. The van der Waals surface area contributed by atoms with Gasteiger partial charge in [-0.2, -0.15) is 0 Å². The van der Waals surface area contributed by atoms with Crippen molar-refractivity contribution in [3.05, 3.63) is 18.4 Å². The van der Waals surface area contributed by atoms with E-state index in [0.29, 0.717) is 6.10 Å². The first-order valence-electron chi connectivity index (χ1n) is 5.15. The van der Waals surface area contributed by atoms with E-state index in [4.69, 9.17) is 9.15 Å². The Morgan fingerprint density at radius 1 is 1.50 bits per heavy atom. The maximum absolute atomic E-state index is 5.59. The second-order valence-corrected chi connectivity index (χ2v) is 3.59. The molecule has 78 valence electrons. The van der Waals surface area contributed by atoms with Crippen LogP contribution >= 0.6 is 0 Å². The number of hydrogen-bond donors (Lipinski definition) is 1. The first-order valence-corrected chi connectivity index (χ1v) is 5.15. The van der Waals surface area contributed by atoms with E-state index in [1.54, 1.807) is 6.20 Å². The summed E-state index contributed by atoms with van der Waals surface area (Å²) in [6.45, 7) is 2.55. The summed E-state index contributed by atoms with van der Waals surface area (Å²) in [5.41, 5.74) is 0. The van der Waals surface area contributed by atoms with Gasteiger partial charge in [-0.3, -0.25) is 0 Å². The lowest BCUT2D eigenvalue weighted by Crippen LogP contribution is -2.31. The number of hydrogen-bond acceptors (Lipinski definition) is 4. The van der Waals surface area contributed by atoms with Crippen LogP contribution in [0.4, 0.5) is 0 Å². The zero-order valence-electron chi connectivity index (χ0n) is 8.24.